The van der Waals surface area contributed by atoms with E-state index in [-0.39, 0.29) is 11.9 Å². The smallest absolute Gasteiger partial charge is 0.141 e. The molecule has 0 aliphatic carbocycles. The van der Waals surface area contributed by atoms with Gasteiger partial charge in [0.2, 0.25) is 0 Å². The van der Waals surface area contributed by atoms with Crippen molar-refractivity contribution >= 4 is 0 Å². The van der Waals surface area contributed by atoms with Gasteiger partial charge in [-0.1, -0.05) is 0 Å². The molecule has 3 atom stereocenters. The minimum atomic E-state index is -0.258. The number of nitrogens with zero attached hydrogens (tertiary/aromatic N) is 2. The van der Waals surface area contributed by atoms with Gasteiger partial charge in [-0.2, -0.15) is 0 Å². The summed E-state index contributed by atoms with van der Waals surface area (Å²) in [5.74, 6) is -0.258. The first-order chi connectivity index (χ1) is 9.25. The number of nitrogens with one attached hydrogen (secondary N) is 1. The Morgan fingerprint density at radius 2 is 2.26 bits per heavy atom. The topological polar surface area (TPSA) is 28.2 Å². The number of pyridine rings is 1. The number of halogens is 1. The minimum Gasteiger partial charge on any atom is -0.312 e. The summed E-state index contributed by atoms with van der Waals surface area (Å²) < 4.78 is 13.0. The average molecular weight is 263 g/mol. The first-order valence-corrected chi connectivity index (χ1v) is 7.36. The molecule has 1 N–H and O–H groups in total. The first kappa shape index (κ1) is 13.0. The molecule has 1 aromatic rings. The fourth-order valence-corrected chi connectivity index (χ4v) is 3.57. The Balaban J connectivity index is 1.74. The first-order valence-electron chi connectivity index (χ1n) is 7.36. The van der Waals surface area contributed by atoms with Crippen molar-refractivity contribution in [1.29, 1.82) is 0 Å². The zero-order chi connectivity index (χ0) is 13.2. The van der Waals surface area contributed by atoms with Gasteiger partial charge >= 0.3 is 0 Å². The van der Waals surface area contributed by atoms with Gasteiger partial charge in [0.1, 0.15) is 5.82 Å². The van der Waals surface area contributed by atoms with Crippen LogP contribution in [0.4, 0.5) is 4.39 Å². The monoisotopic (exact) mass is 263 g/mol. The van der Waals surface area contributed by atoms with Gasteiger partial charge in [-0.3, -0.25) is 9.88 Å². The van der Waals surface area contributed by atoms with Crippen LogP contribution in [-0.4, -0.2) is 35.1 Å². The summed E-state index contributed by atoms with van der Waals surface area (Å²) in [7, 11) is 0. The van der Waals surface area contributed by atoms with Crippen LogP contribution in [-0.2, 0) is 0 Å². The molecule has 2 fully saturated rings. The highest BCUT2D eigenvalue weighted by atomic mass is 19.1. The summed E-state index contributed by atoms with van der Waals surface area (Å²) in [4.78, 5) is 6.79. The van der Waals surface area contributed by atoms with Crippen LogP contribution >= 0.6 is 0 Å². The molecule has 3 rings (SSSR count). The molecule has 2 aliphatic rings. The predicted octanol–water partition coefficient (Wildman–Crippen LogP) is 2.50. The molecular weight excluding hydrogens is 241 g/mol. The predicted molar refractivity (Wildman–Crippen MR) is 73.4 cm³/mol. The maximum absolute atomic E-state index is 13.0. The highest BCUT2D eigenvalue weighted by Crippen LogP contribution is 2.32. The zero-order valence-electron chi connectivity index (χ0n) is 11.5. The summed E-state index contributed by atoms with van der Waals surface area (Å²) >= 11 is 0. The van der Waals surface area contributed by atoms with Crippen molar-refractivity contribution < 1.29 is 4.39 Å². The Hall–Kier alpha value is -1.00. The number of hydrogen-bond acceptors (Lipinski definition) is 3. The number of aromatic nitrogens is 1. The highest BCUT2D eigenvalue weighted by molar-refractivity contribution is 5.11. The molecule has 19 heavy (non-hydrogen) atoms. The molecule has 0 bridgehead atoms. The van der Waals surface area contributed by atoms with Gasteiger partial charge in [0.15, 0.2) is 0 Å². The molecule has 4 heteroatoms. The van der Waals surface area contributed by atoms with E-state index in [9.17, 15) is 4.39 Å². The van der Waals surface area contributed by atoms with Crippen molar-refractivity contribution in [2.45, 2.75) is 50.7 Å². The molecule has 0 radical (unpaired) electrons. The molecule has 3 heterocycles. The van der Waals surface area contributed by atoms with E-state index in [0.29, 0.717) is 12.1 Å². The Bertz CT molecular complexity index is 414. The number of hydrogen-bond donors (Lipinski definition) is 1. The van der Waals surface area contributed by atoms with E-state index in [2.05, 4.69) is 22.1 Å². The fraction of sp³-hybridized carbons (Fsp3) is 0.667. The lowest BCUT2D eigenvalue weighted by molar-refractivity contribution is 0.160. The van der Waals surface area contributed by atoms with Crippen LogP contribution < -0.4 is 5.32 Å². The van der Waals surface area contributed by atoms with Crippen LogP contribution in [0.15, 0.2) is 18.3 Å². The van der Waals surface area contributed by atoms with E-state index in [0.717, 1.165) is 18.8 Å². The molecule has 104 valence electrons. The normalized spacial score (nSPS) is 29.8. The molecular formula is C15H22FN3. The summed E-state index contributed by atoms with van der Waals surface area (Å²) in [6, 6.07) is 4.85. The molecule has 0 aromatic carbocycles. The molecule has 1 aromatic heterocycles. The maximum atomic E-state index is 13.0. The van der Waals surface area contributed by atoms with Crippen molar-refractivity contribution in [3.05, 3.63) is 29.8 Å². The Labute approximate surface area is 114 Å². The summed E-state index contributed by atoms with van der Waals surface area (Å²) in [6.07, 6.45) is 6.42. The lowest BCUT2D eigenvalue weighted by Crippen LogP contribution is -2.44. The van der Waals surface area contributed by atoms with Crippen LogP contribution in [0.25, 0.3) is 0 Å². The largest absolute Gasteiger partial charge is 0.312 e. The van der Waals surface area contributed by atoms with Gasteiger partial charge in [0.25, 0.3) is 0 Å². The van der Waals surface area contributed by atoms with Crippen molar-refractivity contribution in [2.75, 3.05) is 13.1 Å². The third-order valence-corrected chi connectivity index (χ3v) is 4.58. The second-order valence-electron chi connectivity index (χ2n) is 5.73. The van der Waals surface area contributed by atoms with Gasteiger partial charge < -0.3 is 5.32 Å². The average Bonchev–Trinajstić information content (AvgIpc) is 3.09. The van der Waals surface area contributed by atoms with E-state index in [1.54, 1.807) is 0 Å². The zero-order valence-corrected chi connectivity index (χ0v) is 11.5. The van der Waals surface area contributed by atoms with E-state index >= 15 is 0 Å². The van der Waals surface area contributed by atoms with Gasteiger partial charge in [-0.25, -0.2) is 4.39 Å². The third kappa shape index (κ3) is 2.65. The van der Waals surface area contributed by atoms with Crippen LogP contribution in [0.3, 0.4) is 0 Å². The van der Waals surface area contributed by atoms with Gasteiger partial charge in [0.05, 0.1) is 11.9 Å². The van der Waals surface area contributed by atoms with Crippen molar-refractivity contribution in [1.82, 2.24) is 15.2 Å². The van der Waals surface area contributed by atoms with Crippen LogP contribution in [0.2, 0.25) is 0 Å². The van der Waals surface area contributed by atoms with E-state index in [4.69, 9.17) is 0 Å². The van der Waals surface area contributed by atoms with Crippen LogP contribution in [0, 0.1) is 5.82 Å². The van der Waals surface area contributed by atoms with Gasteiger partial charge in [-0.05, 0) is 57.8 Å². The highest BCUT2D eigenvalue weighted by Gasteiger charge is 2.36. The maximum Gasteiger partial charge on any atom is 0.141 e. The lowest BCUT2D eigenvalue weighted by atomic mass is 10.0. The molecule has 0 amide bonds. The van der Waals surface area contributed by atoms with Crippen LogP contribution in [0.5, 0.6) is 0 Å². The summed E-state index contributed by atoms with van der Waals surface area (Å²) in [5.41, 5.74) is 0.978. The van der Waals surface area contributed by atoms with E-state index in [1.165, 1.54) is 37.9 Å². The van der Waals surface area contributed by atoms with Gasteiger partial charge in [0, 0.05) is 18.1 Å². The number of rotatable bonds is 3. The van der Waals surface area contributed by atoms with Crippen molar-refractivity contribution in [3.63, 3.8) is 0 Å². The fourth-order valence-electron chi connectivity index (χ4n) is 3.57. The quantitative estimate of drug-likeness (QED) is 0.908. The number of likely N-dealkylation sites (tertiary alicyclic amines) is 1. The van der Waals surface area contributed by atoms with Crippen LogP contribution in [0.1, 0.15) is 44.3 Å². The SMILES string of the molecule is CC(c1ccc(F)cn1)N1CCCC1C1CCCN1. The van der Waals surface area contributed by atoms with E-state index in [1.807, 2.05) is 6.07 Å². The second-order valence-corrected chi connectivity index (χ2v) is 5.73. The molecule has 2 aliphatic heterocycles. The minimum absolute atomic E-state index is 0.258. The Morgan fingerprint density at radius 1 is 1.37 bits per heavy atom. The molecule has 2 saturated heterocycles. The third-order valence-electron chi connectivity index (χ3n) is 4.58. The molecule has 3 nitrogen and oxygen atoms in total. The summed E-state index contributed by atoms with van der Waals surface area (Å²) in [6.45, 7) is 4.47. The molecule has 0 saturated carbocycles. The molecule has 0 spiro atoms. The Morgan fingerprint density at radius 3 is 2.95 bits per heavy atom. The van der Waals surface area contributed by atoms with Crippen molar-refractivity contribution in [2.24, 2.45) is 0 Å². The van der Waals surface area contributed by atoms with E-state index < -0.39 is 0 Å². The van der Waals surface area contributed by atoms with Gasteiger partial charge in [-0.15, -0.1) is 0 Å². The lowest BCUT2D eigenvalue weighted by Gasteiger charge is -2.34. The van der Waals surface area contributed by atoms with Crippen molar-refractivity contribution in [3.8, 4) is 0 Å². The standard InChI is InChI=1S/C15H22FN3/c1-11(13-7-6-12(16)10-18-13)19-9-3-5-15(19)14-4-2-8-17-14/h6-7,10-11,14-15,17H,2-5,8-9H2,1H3. The molecule has 3 unspecified atom stereocenters. The second kappa shape index (κ2) is 5.55. The Kier molecular flexibility index (Phi) is 3.80. The summed E-state index contributed by atoms with van der Waals surface area (Å²) in [5, 5.41) is 3.62.